The third-order valence-electron chi connectivity index (χ3n) is 2.39. The standard InChI is InChI=1S/C9H19NO2P/c1-2-3-6-13(11)12-9-5-4-8(10)7-9/h8-9H,2-7,10H2,1H3/q+1. The van der Waals surface area contributed by atoms with Gasteiger partial charge < -0.3 is 5.73 Å². The highest BCUT2D eigenvalue weighted by molar-refractivity contribution is 7.39. The van der Waals surface area contributed by atoms with Gasteiger partial charge in [-0.1, -0.05) is 13.3 Å². The van der Waals surface area contributed by atoms with Gasteiger partial charge in [-0.05, 0) is 30.2 Å². The van der Waals surface area contributed by atoms with Crippen molar-refractivity contribution in [3.05, 3.63) is 0 Å². The first kappa shape index (κ1) is 11.1. The lowest BCUT2D eigenvalue weighted by atomic mass is 10.3. The predicted octanol–water partition coefficient (Wildman–Crippen LogP) is 2.43. The summed E-state index contributed by atoms with van der Waals surface area (Å²) in [7, 11) is -1.42. The van der Waals surface area contributed by atoms with Crippen molar-refractivity contribution in [3.8, 4) is 0 Å². The third kappa shape index (κ3) is 4.17. The van der Waals surface area contributed by atoms with Crippen LogP contribution in [0.2, 0.25) is 0 Å². The van der Waals surface area contributed by atoms with E-state index in [9.17, 15) is 4.57 Å². The van der Waals surface area contributed by atoms with Crippen LogP contribution < -0.4 is 5.73 Å². The first-order valence-corrected chi connectivity index (χ1v) is 6.45. The topological polar surface area (TPSA) is 52.3 Å². The van der Waals surface area contributed by atoms with Crippen molar-refractivity contribution >= 4 is 8.03 Å². The Morgan fingerprint density at radius 1 is 1.54 bits per heavy atom. The van der Waals surface area contributed by atoms with Crippen LogP contribution in [0.5, 0.6) is 0 Å². The summed E-state index contributed by atoms with van der Waals surface area (Å²) in [5.41, 5.74) is 5.73. The summed E-state index contributed by atoms with van der Waals surface area (Å²) in [6, 6.07) is 0.263. The molecular formula is C9H19NO2P+. The maximum absolute atomic E-state index is 11.3. The molecule has 3 nitrogen and oxygen atoms in total. The molecule has 4 heteroatoms. The van der Waals surface area contributed by atoms with Crippen molar-refractivity contribution in [2.75, 3.05) is 6.16 Å². The molecule has 13 heavy (non-hydrogen) atoms. The number of rotatable bonds is 5. The summed E-state index contributed by atoms with van der Waals surface area (Å²) >= 11 is 0. The molecule has 0 aliphatic heterocycles. The maximum atomic E-state index is 11.3. The summed E-state index contributed by atoms with van der Waals surface area (Å²) in [4.78, 5) is 0. The second kappa shape index (κ2) is 5.69. The molecular weight excluding hydrogens is 185 g/mol. The molecule has 1 saturated carbocycles. The molecule has 3 unspecified atom stereocenters. The van der Waals surface area contributed by atoms with Gasteiger partial charge in [0, 0.05) is 6.04 Å². The minimum atomic E-state index is -1.42. The lowest BCUT2D eigenvalue weighted by Crippen LogP contribution is -2.16. The highest BCUT2D eigenvalue weighted by Gasteiger charge is 2.30. The molecule has 0 saturated heterocycles. The van der Waals surface area contributed by atoms with E-state index in [1.54, 1.807) is 0 Å². The molecule has 1 aliphatic carbocycles. The van der Waals surface area contributed by atoms with Crippen LogP contribution in [-0.2, 0) is 9.09 Å². The average Bonchev–Trinajstić information content (AvgIpc) is 2.48. The van der Waals surface area contributed by atoms with Gasteiger partial charge in [0.25, 0.3) is 0 Å². The average molecular weight is 204 g/mol. The number of hydrogen-bond acceptors (Lipinski definition) is 3. The zero-order valence-corrected chi connectivity index (χ0v) is 9.13. The molecule has 0 aromatic carbocycles. The SMILES string of the molecule is CCCC[P+](=O)OC1CCC(N)C1. The highest BCUT2D eigenvalue weighted by atomic mass is 31.1. The van der Waals surface area contributed by atoms with E-state index >= 15 is 0 Å². The van der Waals surface area contributed by atoms with E-state index in [4.69, 9.17) is 10.3 Å². The molecule has 0 aromatic heterocycles. The molecule has 0 aromatic rings. The smallest absolute Gasteiger partial charge is 0.328 e. The van der Waals surface area contributed by atoms with Crippen molar-refractivity contribution < 1.29 is 9.09 Å². The number of nitrogens with two attached hydrogens (primary N) is 1. The van der Waals surface area contributed by atoms with Gasteiger partial charge in [0.2, 0.25) is 0 Å². The fourth-order valence-electron chi connectivity index (χ4n) is 1.58. The highest BCUT2D eigenvalue weighted by Crippen LogP contribution is 2.32. The van der Waals surface area contributed by atoms with Crippen molar-refractivity contribution in [3.63, 3.8) is 0 Å². The van der Waals surface area contributed by atoms with Crippen LogP contribution in [0.4, 0.5) is 0 Å². The Morgan fingerprint density at radius 2 is 2.31 bits per heavy atom. The Morgan fingerprint density at radius 3 is 2.85 bits per heavy atom. The molecule has 1 aliphatic rings. The molecule has 0 radical (unpaired) electrons. The van der Waals surface area contributed by atoms with E-state index in [0.717, 1.165) is 32.1 Å². The summed E-state index contributed by atoms with van der Waals surface area (Å²) in [5, 5.41) is 0. The normalized spacial score (nSPS) is 29.2. The van der Waals surface area contributed by atoms with Crippen LogP contribution >= 0.6 is 8.03 Å². The van der Waals surface area contributed by atoms with Gasteiger partial charge in [-0.2, -0.15) is 0 Å². The Labute approximate surface area is 80.9 Å². The first-order chi connectivity index (χ1) is 6.22. The van der Waals surface area contributed by atoms with Gasteiger partial charge >= 0.3 is 8.03 Å². The van der Waals surface area contributed by atoms with Gasteiger partial charge in [0.05, 0.1) is 0 Å². The van der Waals surface area contributed by atoms with Gasteiger partial charge in [0.1, 0.15) is 6.10 Å². The van der Waals surface area contributed by atoms with Crippen molar-refractivity contribution in [1.29, 1.82) is 0 Å². The van der Waals surface area contributed by atoms with E-state index in [2.05, 4.69) is 6.92 Å². The third-order valence-corrected chi connectivity index (χ3v) is 3.60. The van der Waals surface area contributed by atoms with Crippen LogP contribution in [-0.4, -0.2) is 18.3 Å². The van der Waals surface area contributed by atoms with Crippen LogP contribution in [0.15, 0.2) is 0 Å². The minimum Gasteiger partial charge on any atom is -0.328 e. The largest absolute Gasteiger partial charge is 0.508 e. The van der Waals surface area contributed by atoms with E-state index < -0.39 is 8.03 Å². The van der Waals surface area contributed by atoms with E-state index in [1.807, 2.05) is 0 Å². The second-order valence-corrected chi connectivity index (χ2v) is 5.03. The zero-order valence-electron chi connectivity index (χ0n) is 8.24. The fraction of sp³-hybridized carbons (Fsp3) is 1.00. The van der Waals surface area contributed by atoms with Gasteiger partial charge in [-0.3, -0.25) is 0 Å². The lowest BCUT2D eigenvalue weighted by Gasteiger charge is -2.00. The molecule has 0 amide bonds. The van der Waals surface area contributed by atoms with Crippen molar-refractivity contribution in [2.45, 2.75) is 51.2 Å². The van der Waals surface area contributed by atoms with Crippen molar-refractivity contribution in [2.24, 2.45) is 5.73 Å². The lowest BCUT2D eigenvalue weighted by molar-refractivity contribution is 0.221. The van der Waals surface area contributed by atoms with Gasteiger partial charge in [0.15, 0.2) is 6.16 Å². The monoisotopic (exact) mass is 204 g/mol. The van der Waals surface area contributed by atoms with Crippen LogP contribution in [0.25, 0.3) is 0 Å². The molecule has 0 heterocycles. The number of unbranched alkanes of at least 4 members (excludes halogenated alkanes) is 1. The zero-order chi connectivity index (χ0) is 9.68. The summed E-state index contributed by atoms with van der Waals surface area (Å²) < 4.78 is 16.8. The molecule has 1 fully saturated rings. The van der Waals surface area contributed by atoms with Crippen LogP contribution in [0.1, 0.15) is 39.0 Å². The number of hydrogen-bond donors (Lipinski definition) is 1. The molecule has 1 rings (SSSR count). The fourth-order valence-corrected chi connectivity index (χ4v) is 2.78. The predicted molar refractivity (Wildman–Crippen MR) is 54.1 cm³/mol. The molecule has 0 bridgehead atoms. The molecule has 2 N–H and O–H groups in total. The van der Waals surface area contributed by atoms with E-state index in [0.29, 0.717) is 6.16 Å². The molecule has 76 valence electrons. The van der Waals surface area contributed by atoms with Gasteiger partial charge in [-0.25, -0.2) is 0 Å². The Bertz CT molecular complexity index is 175. The maximum Gasteiger partial charge on any atom is 0.508 e. The quantitative estimate of drug-likeness (QED) is 0.700. The second-order valence-electron chi connectivity index (χ2n) is 3.71. The van der Waals surface area contributed by atoms with Crippen LogP contribution in [0.3, 0.4) is 0 Å². The first-order valence-electron chi connectivity index (χ1n) is 5.09. The Kier molecular flexibility index (Phi) is 4.86. The van der Waals surface area contributed by atoms with Gasteiger partial charge in [-0.15, -0.1) is 4.52 Å². The van der Waals surface area contributed by atoms with E-state index in [-0.39, 0.29) is 12.1 Å². The van der Waals surface area contributed by atoms with E-state index in [1.165, 1.54) is 0 Å². The van der Waals surface area contributed by atoms with Crippen LogP contribution in [0, 0.1) is 0 Å². The van der Waals surface area contributed by atoms with Crippen molar-refractivity contribution in [1.82, 2.24) is 0 Å². The summed E-state index contributed by atoms with van der Waals surface area (Å²) in [6.07, 6.45) is 5.82. The minimum absolute atomic E-state index is 0.162. The Balaban J connectivity index is 2.13. The Hall–Kier alpha value is 0.0200. The summed E-state index contributed by atoms with van der Waals surface area (Å²) in [6.45, 7) is 2.09. The molecule has 3 atom stereocenters. The molecule has 0 spiro atoms. The summed E-state index contributed by atoms with van der Waals surface area (Å²) in [5.74, 6) is 0.